The molecule has 0 saturated carbocycles. The zero-order valence-electron chi connectivity index (χ0n) is 11.2. The van der Waals surface area contributed by atoms with Crippen LogP contribution in [0.5, 0.6) is 0 Å². The number of anilines is 1. The summed E-state index contributed by atoms with van der Waals surface area (Å²) in [7, 11) is 0. The van der Waals surface area contributed by atoms with Crippen LogP contribution in [-0.2, 0) is 6.54 Å². The average molecular weight is 245 g/mol. The van der Waals surface area contributed by atoms with Crippen LogP contribution < -0.4 is 10.2 Å². The van der Waals surface area contributed by atoms with Crippen molar-refractivity contribution in [3.63, 3.8) is 0 Å². The van der Waals surface area contributed by atoms with Crippen molar-refractivity contribution in [3.8, 4) is 0 Å². The first-order valence-corrected chi connectivity index (χ1v) is 6.43. The van der Waals surface area contributed by atoms with Crippen molar-refractivity contribution in [1.82, 2.24) is 10.3 Å². The lowest BCUT2D eigenvalue weighted by atomic mass is 10.2. The predicted octanol–water partition coefficient (Wildman–Crippen LogP) is 2.76. The van der Waals surface area contributed by atoms with Crippen LogP contribution in [0.1, 0.15) is 18.9 Å². The lowest BCUT2D eigenvalue weighted by Crippen LogP contribution is -2.26. The van der Waals surface area contributed by atoms with Crippen LogP contribution >= 0.6 is 0 Å². The first kappa shape index (κ1) is 14.5. The van der Waals surface area contributed by atoms with Crippen molar-refractivity contribution in [2.24, 2.45) is 0 Å². The van der Waals surface area contributed by atoms with E-state index in [9.17, 15) is 0 Å². The van der Waals surface area contributed by atoms with Gasteiger partial charge in [0.05, 0.1) is 0 Å². The third-order valence-corrected chi connectivity index (χ3v) is 2.66. The molecule has 3 heteroatoms. The van der Waals surface area contributed by atoms with Crippen LogP contribution in [0.25, 0.3) is 0 Å². The van der Waals surface area contributed by atoms with Crippen molar-refractivity contribution in [3.05, 3.63) is 49.3 Å². The molecule has 1 heterocycles. The van der Waals surface area contributed by atoms with Gasteiger partial charge in [0.2, 0.25) is 0 Å². The zero-order valence-corrected chi connectivity index (χ0v) is 11.2. The predicted molar refractivity (Wildman–Crippen MR) is 78.8 cm³/mol. The topological polar surface area (TPSA) is 28.2 Å². The van der Waals surface area contributed by atoms with E-state index >= 15 is 0 Å². The largest absolute Gasteiger partial charge is 0.364 e. The van der Waals surface area contributed by atoms with Crippen LogP contribution in [0, 0.1) is 0 Å². The fourth-order valence-corrected chi connectivity index (χ4v) is 1.85. The standard InChI is InChI=1S/C15H23N3/c1-4-8-16-12-14-13-17-9-7-15(14)18(10-5-2)11-6-3/h5-7,9,13,16H,2-4,8,10-12H2,1H3. The Bertz CT molecular complexity index is 364. The number of rotatable bonds is 9. The number of hydrogen-bond donors (Lipinski definition) is 1. The molecule has 0 radical (unpaired) electrons. The van der Waals surface area contributed by atoms with E-state index in [-0.39, 0.29) is 0 Å². The molecule has 0 aliphatic carbocycles. The third kappa shape index (κ3) is 4.34. The van der Waals surface area contributed by atoms with E-state index in [0.29, 0.717) is 0 Å². The number of aromatic nitrogens is 1. The smallest absolute Gasteiger partial charge is 0.0448 e. The lowest BCUT2D eigenvalue weighted by molar-refractivity contribution is 0.672. The van der Waals surface area contributed by atoms with Crippen molar-refractivity contribution in [2.75, 3.05) is 24.5 Å². The molecular weight excluding hydrogens is 222 g/mol. The molecule has 0 amide bonds. The Balaban J connectivity index is 2.83. The molecule has 0 aliphatic rings. The second-order valence-electron chi connectivity index (χ2n) is 4.16. The van der Waals surface area contributed by atoms with Crippen LogP contribution in [0.4, 0.5) is 5.69 Å². The molecule has 0 atom stereocenters. The van der Waals surface area contributed by atoms with Crippen molar-refractivity contribution in [2.45, 2.75) is 19.9 Å². The van der Waals surface area contributed by atoms with Gasteiger partial charge >= 0.3 is 0 Å². The molecule has 1 aromatic heterocycles. The number of nitrogens with zero attached hydrogens (tertiary/aromatic N) is 2. The minimum atomic E-state index is 0.816. The molecular formula is C15H23N3. The molecule has 0 spiro atoms. The Morgan fingerprint density at radius 3 is 2.67 bits per heavy atom. The van der Waals surface area contributed by atoms with Crippen molar-refractivity contribution >= 4 is 5.69 Å². The highest BCUT2D eigenvalue weighted by atomic mass is 15.1. The summed E-state index contributed by atoms with van der Waals surface area (Å²) >= 11 is 0. The van der Waals surface area contributed by atoms with Gasteiger partial charge in [-0.3, -0.25) is 4.98 Å². The maximum absolute atomic E-state index is 4.21. The van der Waals surface area contributed by atoms with Gasteiger partial charge in [0.15, 0.2) is 0 Å². The van der Waals surface area contributed by atoms with Crippen molar-refractivity contribution in [1.29, 1.82) is 0 Å². The minimum absolute atomic E-state index is 0.816. The molecule has 3 nitrogen and oxygen atoms in total. The maximum atomic E-state index is 4.21. The Hall–Kier alpha value is -1.61. The van der Waals surface area contributed by atoms with Crippen LogP contribution in [0.2, 0.25) is 0 Å². The second-order valence-corrected chi connectivity index (χ2v) is 4.16. The van der Waals surface area contributed by atoms with Crippen LogP contribution in [0.15, 0.2) is 43.8 Å². The molecule has 0 fully saturated rings. The summed E-state index contributed by atoms with van der Waals surface area (Å²) in [4.78, 5) is 6.45. The molecule has 1 N–H and O–H groups in total. The number of pyridine rings is 1. The summed E-state index contributed by atoms with van der Waals surface area (Å²) in [6.07, 6.45) is 8.72. The molecule has 0 unspecified atom stereocenters. The monoisotopic (exact) mass is 245 g/mol. The molecule has 0 bridgehead atoms. The van der Waals surface area contributed by atoms with Gasteiger partial charge in [-0.1, -0.05) is 19.1 Å². The molecule has 18 heavy (non-hydrogen) atoms. The summed E-state index contributed by atoms with van der Waals surface area (Å²) in [5.74, 6) is 0. The highest BCUT2D eigenvalue weighted by molar-refractivity contribution is 5.53. The van der Waals surface area contributed by atoms with Gasteiger partial charge in [-0.2, -0.15) is 0 Å². The zero-order chi connectivity index (χ0) is 13.2. The summed E-state index contributed by atoms with van der Waals surface area (Å²) in [5.41, 5.74) is 2.42. The van der Waals surface area contributed by atoms with E-state index in [4.69, 9.17) is 0 Å². The third-order valence-electron chi connectivity index (χ3n) is 2.66. The van der Waals surface area contributed by atoms with Gasteiger partial charge < -0.3 is 10.2 Å². The van der Waals surface area contributed by atoms with Crippen molar-refractivity contribution < 1.29 is 0 Å². The highest BCUT2D eigenvalue weighted by Crippen LogP contribution is 2.19. The molecule has 98 valence electrons. The van der Waals surface area contributed by atoms with Gasteiger partial charge in [0, 0.05) is 43.3 Å². The number of hydrogen-bond acceptors (Lipinski definition) is 3. The Morgan fingerprint density at radius 2 is 2.06 bits per heavy atom. The van der Waals surface area contributed by atoms with Gasteiger partial charge in [-0.05, 0) is 19.0 Å². The van der Waals surface area contributed by atoms with E-state index in [1.165, 1.54) is 11.3 Å². The SMILES string of the molecule is C=CCN(CC=C)c1ccncc1CNCCC. The first-order valence-electron chi connectivity index (χ1n) is 6.43. The fourth-order valence-electron chi connectivity index (χ4n) is 1.85. The summed E-state index contributed by atoms with van der Waals surface area (Å²) in [6.45, 7) is 13.3. The average Bonchev–Trinajstić information content (AvgIpc) is 2.39. The van der Waals surface area contributed by atoms with Crippen LogP contribution in [-0.4, -0.2) is 24.6 Å². The maximum Gasteiger partial charge on any atom is 0.0448 e. The number of nitrogens with one attached hydrogen (secondary N) is 1. The minimum Gasteiger partial charge on any atom is -0.364 e. The Morgan fingerprint density at radius 1 is 1.33 bits per heavy atom. The van der Waals surface area contributed by atoms with E-state index in [1.807, 2.05) is 24.5 Å². The molecule has 1 rings (SSSR count). The van der Waals surface area contributed by atoms with Gasteiger partial charge in [-0.25, -0.2) is 0 Å². The first-order chi connectivity index (χ1) is 8.83. The summed E-state index contributed by atoms with van der Waals surface area (Å²) in [6, 6.07) is 2.05. The summed E-state index contributed by atoms with van der Waals surface area (Å²) in [5, 5.41) is 3.41. The van der Waals surface area contributed by atoms with E-state index in [1.54, 1.807) is 0 Å². The van der Waals surface area contributed by atoms with Gasteiger partial charge in [0.1, 0.15) is 0 Å². The molecule has 0 aromatic carbocycles. The van der Waals surface area contributed by atoms with E-state index in [0.717, 1.165) is 32.6 Å². The summed E-state index contributed by atoms with van der Waals surface area (Å²) < 4.78 is 0. The molecule has 1 aromatic rings. The highest BCUT2D eigenvalue weighted by Gasteiger charge is 2.08. The Labute approximate surface area is 110 Å². The van der Waals surface area contributed by atoms with Gasteiger partial charge in [-0.15, -0.1) is 13.2 Å². The van der Waals surface area contributed by atoms with Crippen LogP contribution in [0.3, 0.4) is 0 Å². The Kier molecular flexibility index (Phi) is 6.81. The quantitative estimate of drug-likeness (QED) is 0.535. The van der Waals surface area contributed by atoms with E-state index < -0.39 is 0 Å². The van der Waals surface area contributed by atoms with Gasteiger partial charge in [0.25, 0.3) is 0 Å². The molecule has 0 saturated heterocycles. The molecule has 0 aliphatic heterocycles. The van der Waals surface area contributed by atoms with E-state index in [2.05, 4.69) is 41.3 Å². The normalized spacial score (nSPS) is 10.1. The lowest BCUT2D eigenvalue weighted by Gasteiger charge is -2.24. The second kappa shape index (κ2) is 8.48. The fraction of sp³-hybridized carbons (Fsp3) is 0.400.